The standard InChI is InChI=1S/C18H16FNO2/c1-14-9-10-17(19)12-16(14)8-5-11-20-18(21)22-13-15-6-3-2-4-7-15/h2-4,6-7,9-10,12H,11,13H2,1H3,(H,20,21). The number of ether oxygens (including phenoxy) is 1. The predicted octanol–water partition coefficient (Wildman–Crippen LogP) is 3.41. The van der Waals surface area contributed by atoms with Gasteiger partial charge in [-0.15, -0.1) is 0 Å². The highest BCUT2D eigenvalue weighted by Crippen LogP contribution is 2.08. The Bertz CT molecular complexity index is 702. The fraction of sp³-hybridized carbons (Fsp3) is 0.167. The number of nitrogens with one attached hydrogen (secondary N) is 1. The number of carbonyl (C=O) groups is 1. The summed E-state index contributed by atoms with van der Waals surface area (Å²) in [5, 5.41) is 2.53. The van der Waals surface area contributed by atoms with Gasteiger partial charge in [0.05, 0.1) is 6.54 Å². The third-order valence-corrected chi connectivity index (χ3v) is 2.96. The van der Waals surface area contributed by atoms with Crippen molar-refractivity contribution < 1.29 is 13.9 Å². The van der Waals surface area contributed by atoms with Gasteiger partial charge in [0, 0.05) is 5.56 Å². The summed E-state index contributed by atoms with van der Waals surface area (Å²) in [4.78, 5) is 11.5. The van der Waals surface area contributed by atoms with Crippen molar-refractivity contribution in [2.24, 2.45) is 0 Å². The van der Waals surface area contributed by atoms with Gasteiger partial charge in [0.25, 0.3) is 0 Å². The molecule has 0 fully saturated rings. The first kappa shape index (κ1) is 15.6. The maximum atomic E-state index is 13.1. The van der Waals surface area contributed by atoms with Crippen molar-refractivity contribution in [3.05, 3.63) is 71.0 Å². The van der Waals surface area contributed by atoms with E-state index in [9.17, 15) is 9.18 Å². The summed E-state index contributed by atoms with van der Waals surface area (Å²) >= 11 is 0. The number of aryl methyl sites for hydroxylation is 1. The van der Waals surface area contributed by atoms with Gasteiger partial charge in [-0.05, 0) is 30.2 Å². The minimum Gasteiger partial charge on any atom is -0.445 e. The van der Waals surface area contributed by atoms with E-state index < -0.39 is 6.09 Å². The molecule has 1 N–H and O–H groups in total. The lowest BCUT2D eigenvalue weighted by atomic mass is 10.1. The van der Waals surface area contributed by atoms with Crippen LogP contribution in [0.5, 0.6) is 0 Å². The summed E-state index contributed by atoms with van der Waals surface area (Å²) < 4.78 is 18.1. The molecular weight excluding hydrogens is 281 g/mol. The Labute approximate surface area is 129 Å². The minimum absolute atomic E-state index is 0.142. The first-order chi connectivity index (χ1) is 10.6. The summed E-state index contributed by atoms with van der Waals surface area (Å²) in [6.45, 7) is 2.21. The van der Waals surface area contributed by atoms with Crippen molar-refractivity contribution in [3.63, 3.8) is 0 Å². The van der Waals surface area contributed by atoms with E-state index >= 15 is 0 Å². The molecule has 1 amide bonds. The third kappa shape index (κ3) is 4.95. The van der Waals surface area contributed by atoms with Crippen LogP contribution in [0.15, 0.2) is 48.5 Å². The molecule has 3 nitrogen and oxygen atoms in total. The topological polar surface area (TPSA) is 38.3 Å². The van der Waals surface area contributed by atoms with Gasteiger partial charge in [-0.3, -0.25) is 0 Å². The molecule has 0 aliphatic rings. The fourth-order valence-corrected chi connectivity index (χ4v) is 1.76. The molecule has 22 heavy (non-hydrogen) atoms. The van der Waals surface area contributed by atoms with Gasteiger partial charge in [0.1, 0.15) is 12.4 Å². The highest BCUT2D eigenvalue weighted by atomic mass is 19.1. The molecule has 0 bridgehead atoms. The molecule has 2 aromatic rings. The smallest absolute Gasteiger partial charge is 0.408 e. The zero-order chi connectivity index (χ0) is 15.8. The maximum absolute atomic E-state index is 13.1. The normalized spacial score (nSPS) is 9.55. The molecule has 0 atom stereocenters. The summed E-state index contributed by atoms with van der Waals surface area (Å²) in [5.74, 6) is 5.26. The maximum Gasteiger partial charge on any atom is 0.408 e. The van der Waals surface area contributed by atoms with E-state index in [1.807, 2.05) is 37.3 Å². The Hall–Kier alpha value is -2.80. The molecule has 0 saturated heterocycles. The summed E-state index contributed by atoms with van der Waals surface area (Å²) in [6, 6.07) is 13.8. The number of amides is 1. The van der Waals surface area contributed by atoms with Crippen LogP contribution in [0.25, 0.3) is 0 Å². The third-order valence-electron chi connectivity index (χ3n) is 2.96. The predicted molar refractivity (Wildman–Crippen MR) is 82.6 cm³/mol. The monoisotopic (exact) mass is 297 g/mol. The number of halogens is 1. The fourth-order valence-electron chi connectivity index (χ4n) is 1.76. The number of rotatable bonds is 3. The Morgan fingerprint density at radius 2 is 2.00 bits per heavy atom. The summed E-state index contributed by atoms with van der Waals surface area (Å²) in [5.41, 5.74) is 2.42. The van der Waals surface area contributed by atoms with Crippen LogP contribution in [0.2, 0.25) is 0 Å². The average molecular weight is 297 g/mol. The molecule has 0 unspecified atom stereocenters. The molecule has 0 aliphatic heterocycles. The van der Waals surface area contributed by atoms with Crippen molar-refractivity contribution in [2.45, 2.75) is 13.5 Å². The zero-order valence-electron chi connectivity index (χ0n) is 12.2. The SMILES string of the molecule is Cc1ccc(F)cc1C#CCNC(=O)OCc1ccccc1. The van der Waals surface area contributed by atoms with Crippen LogP contribution in [0, 0.1) is 24.6 Å². The van der Waals surface area contributed by atoms with Gasteiger partial charge < -0.3 is 10.1 Å². The number of alkyl carbamates (subject to hydrolysis) is 1. The van der Waals surface area contributed by atoms with Crippen LogP contribution in [0.4, 0.5) is 9.18 Å². The Balaban J connectivity index is 1.78. The number of benzene rings is 2. The summed E-state index contributed by atoms with van der Waals surface area (Å²) in [6.07, 6.45) is -0.533. The summed E-state index contributed by atoms with van der Waals surface area (Å²) in [7, 11) is 0. The van der Waals surface area contributed by atoms with E-state index in [-0.39, 0.29) is 19.0 Å². The van der Waals surface area contributed by atoms with E-state index in [0.717, 1.165) is 11.1 Å². The highest BCUT2D eigenvalue weighted by molar-refractivity contribution is 5.67. The number of hydrogen-bond donors (Lipinski definition) is 1. The molecular formula is C18H16FNO2. The van der Waals surface area contributed by atoms with Crippen LogP contribution in [0.3, 0.4) is 0 Å². The van der Waals surface area contributed by atoms with Crippen molar-refractivity contribution in [1.29, 1.82) is 0 Å². The zero-order valence-corrected chi connectivity index (χ0v) is 12.2. The van der Waals surface area contributed by atoms with Gasteiger partial charge in [-0.25, -0.2) is 9.18 Å². The highest BCUT2D eigenvalue weighted by Gasteiger charge is 2.00. The molecule has 4 heteroatoms. The van der Waals surface area contributed by atoms with Crippen LogP contribution in [0.1, 0.15) is 16.7 Å². The van der Waals surface area contributed by atoms with Gasteiger partial charge in [0.15, 0.2) is 0 Å². The second-order valence-electron chi connectivity index (χ2n) is 4.68. The van der Waals surface area contributed by atoms with E-state index in [1.54, 1.807) is 6.07 Å². The first-order valence-corrected chi connectivity index (χ1v) is 6.85. The number of hydrogen-bond acceptors (Lipinski definition) is 2. The van der Waals surface area contributed by atoms with Crippen molar-refractivity contribution in [2.75, 3.05) is 6.54 Å². The van der Waals surface area contributed by atoms with Gasteiger partial charge in [0.2, 0.25) is 0 Å². The molecule has 0 saturated carbocycles. The quantitative estimate of drug-likeness (QED) is 0.882. The largest absolute Gasteiger partial charge is 0.445 e. The van der Waals surface area contributed by atoms with E-state index in [1.165, 1.54) is 12.1 Å². The molecule has 2 rings (SSSR count). The lowest BCUT2D eigenvalue weighted by Gasteiger charge is -2.04. The van der Waals surface area contributed by atoms with Gasteiger partial charge in [-0.1, -0.05) is 48.2 Å². The molecule has 2 aromatic carbocycles. The minimum atomic E-state index is -0.533. The van der Waals surface area contributed by atoms with Crippen LogP contribution in [-0.4, -0.2) is 12.6 Å². The molecule has 0 radical (unpaired) electrons. The molecule has 0 heterocycles. The average Bonchev–Trinajstić information content (AvgIpc) is 2.53. The lowest BCUT2D eigenvalue weighted by Crippen LogP contribution is -2.24. The molecule has 0 aromatic heterocycles. The van der Waals surface area contributed by atoms with Crippen LogP contribution in [-0.2, 0) is 11.3 Å². The van der Waals surface area contributed by atoms with Crippen LogP contribution >= 0.6 is 0 Å². The van der Waals surface area contributed by atoms with E-state index in [0.29, 0.717) is 5.56 Å². The molecule has 0 spiro atoms. The van der Waals surface area contributed by atoms with Crippen molar-refractivity contribution >= 4 is 6.09 Å². The first-order valence-electron chi connectivity index (χ1n) is 6.85. The van der Waals surface area contributed by atoms with Gasteiger partial charge >= 0.3 is 6.09 Å². The second kappa shape index (κ2) is 7.84. The van der Waals surface area contributed by atoms with Crippen molar-refractivity contribution in [3.8, 4) is 11.8 Å². The lowest BCUT2D eigenvalue weighted by molar-refractivity contribution is 0.141. The second-order valence-corrected chi connectivity index (χ2v) is 4.68. The Kier molecular flexibility index (Phi) is 5.56. The Morgan fingerprint density at radius 1 is 1.23 bits per heavy atom. The van der Waals surface area contributed by atoms with E-state index in [2.05, 4.69) is 17.2 Å². The molecule has 0 aliphatic carbocycles. The Morgan fingerprint density at radius 3 is 2.77 bits per heavy atom. The van der Waals surface area contributed by atoms with Gasteiger partial charge in [-0.2, -0.15) is 0 Å². The van der Waals surface area contributed by atoms with E-state index in [4.69, 9.17) is 4.74 Å². The van der Waals surface area contributed by atoms with Crippen LogP contribution < -0.4 is 5.32 Å². The van der Waals surface area contributed by atoms with Crippen molar-refractivity contribution in [1.82, 2.24) is 5.32 Å². The number of carbonyl (C=O) groups excluding carboxylic acids is 1. The molecule has 112 valence electrons.